The summed E-state index contributed by atoms with van der Waals surface area (Å²) in [6, 6.07) is 10.4. The van der Waals surface area contributed by atoms with Gasteiger partial charge in [0.05, 0.1) is 5.41 Å². The molecule has 0 unspecified atom stereocenters. The van der Waals surface area contributed by atoms with Gasteiger partial charge in [-0.15, -0.1) is 0 Å². The number of nitrogens with one attached hydrogen (secondary N) is 1. The summed E-state index contributed by atoms with van der Waals surface area (Å²) in [5.74, 6) is -0.0892. The van der Waals surface area contributed by atoms with Gasteiger partial charge in [-0.05, 0) is 42.7 Å². The van der Waals surface area contributed by atoms with Gasteiger partial charge < -0.3 is 15.2 Å². The van der Waals surface area contributed by atoms with Gasteiger partial charge in [-0.1, -0.05) is 23.7 Å². The van der Waals surface area contributed by atoms with Gasteiger partial charge in [0.2, 0.25) is 5.91 Å². The summed E-state index contributed by atoms with van der Waals surface area (Å²) in [5, 5.41) is 13.2. The Balaban J connectivity index is 1.94. The summed E-state index contributed by atoms with van der Waals surface area (Å²) in [4.78, 5) is 17.0. The molecule has 1 aliphatic heterocycles. The van der Waals surface area contributed by atoms with Gasteiger partial charge >= 0.3 is 0 Å². The fourth-order valence-electron chi connectivity index (χ4n) is 2.86. The number of pyridine rings is 1. The van der Waals surface area contributed by atoms with Crippen molar-refractivity contribution < 1.29 is 14.6 Å². The van der Waals surface area contributed by atoms with Gasteiger partial charge in [0, 0.05) is 24.4 Å². The molecule has 0 saturated carbocycles. The van der Waals surface area contributed by atoms with Crippen LogP contribution in [0.4, 0.5) is 5.82 Å². The molecule has 1 saturated heterocycles. The van der Waals surface area contributed by atoms with Crippen molar-refractivity contribution in [2.75, 3.05) is 18.5 Å². The summed E-state index contributed by atoms with van der Waals surface area (Å²) in [6.45, 7) is 1.01. The molecule has 6 heteroatoms. The second-order valence-corrected chi connectivity index (χ2v) is 5.96. The molecular weight excluding hydrogens is 316 g/mol. The van der Waals surface area contributed by atoms with E-state index in [0.717, 1.165) is 5.56 Å². The molecule has 2 N–H and O–H groups in total. The van der Waals surface area contributed by atoms with Crippen molar-refractivity contribution in [2.45, 2.75) is 18.3 Å². The van der Waals surface area contributed by atoms with E-state index in [2.05, 4.69) is 10.3 Å². The Morgan fingerprint density at radius 3 is 2.57 bits per heavy atom. The molecule has 1 aromatic heterocycles. The lowest BCUT2D eigenvalue weighted by molar-refractivity contribution is -0.125. The minimum absolute atomic E-state index is 0.0563. The van der Waals surface area contributed by atoms with Crippen molar-refractivity contribution >= 4 is 23.3 Å². The van der Waals surface area contributed by atoms with Crippen LogP contribution in [0.1, 0.15) is 18.4 Å². The average Bonchev–Trinajstić information content (AvgIpc) is 2.58. The van der Waals surface area contributed by atoms with E-state index in [1.54, 1.807) is 18.2 Å². The smallest absolute Gasteiger partial charge is 0.236 e. The van der Waals surface area contributed by atoms with Crippen molar-refractivity contribution in [1.29, 1.82) is 0 Å². The molecule has 23 heavy (non-hydrogen) atoms. The zero-order valence-corrected chi connectivity index (χ0v) is 13.2. The van der Waals surface area contributed by atoms with E-state index >= 15 is 0 Å². The summed E-state index contributed by atoms with van der Waals surface area (Å²) in [5.41, 5.74) is 0.172. The molecule has 0 atom stereocenters. The quantitative estimate of drug-likeness (QED) is 0.905. The summed E-state index contributed by atoms with van der Waals surface area (Å²) in [7, 11) is 0. The molecule has 0 aliphatic carbocycles. The number of hydrogen-bond acceptors (Lipinski definition) is 4. The molecule has 0 spiro atoms. The number of halogens is 1. The third-order valence-electron chi connectivity index (χ3n) is 4.20. The number of carbonyl (C=O) groups excluding carboxylic acids is 1. The predicted molar refractivity (Wildman–Crippen MR) is 87.7 cm³/mol. The van der Waals surface area contributed by atoms with Gasteiger partial charge in [-0.3, -0.25) is 4.79 Å². The number of benzene rings is 1. The number of rotatable bonds is 3. The molecule has 120 valence electrons. The van der Waals surface area contributed by atoms with Gasteiger partial charge in [0.15, 0.2) is 11.6 Å². The molecular formula is C17H17ClN2O3. The van der Waals surface area contributed by atoms with Crippen molar-refractivity contribution in [3.05, 3.63) is 53.2 Å². The van der Waals surface area contributed by atoms with Crippen LogP contribution in [0, 0.1) is 0 Å². The number of aromatic hydroxyl groups is 1. The summed E-state index contributed by atoms with van der Waals surface area (Å²) in [6.07, 6.45) is 2.65. The second kappa shape index (κ2) is 6.56. The van der Waals surface area contributed by atoms with Crippen LogP contribution >= 0.6 is 11.6 Å². The van der Waals surface area contributed by atoms with Gasteiger partial charge in [-0.25, -0.2) is 4.98 Å². The molecule has 2 aromatic rings. The standard InChI is InChI=1S/C17H17ClN2O3/c18-13-5-3-12(4-6-13)17(7-10-23-11-8-17)16(22)20-15-14(21)2-1-9-19-15/h1-6,9,21H,7-8,10-11H2,(H,19,20,22). The number of aromatic nitrogens is 1. The normalized spacial score (nSPS) is 16.7. The van der Waals surface area contributed by atoms with E-state index in [1.165, 1.54) is 12.3 Å². The van der Waals surface area contributed by atoms with Crippen LogP contribution < -0.4 is 5.32 Å². The predicted octanol–water partition coefficient (Wildman–Crippen LogP) is 3.13. The highest BCUT2D eigenvalue weighted by atomic mass is 35.5. The van der Waals surface area contributed by atoms with Crippen LogP contribution in [0.5, 0.6) is 5.75 Å². The zero-order valence-electron chi connectivity index (χ0n) is 12.5. The van der Waals surface area contributed by atoms with E-state index in [4.69, 9.17) is 16.3 Å². The monoisotopic (exact) mass is 332 g/mol. The molecule has 1 aromatic carbocycles. The zero-order chi connectivity index (χ0) is 16.3. The first-order chi connectivity index (χ1) is 11.1. The number of nitrogens with zero attached hydrogens (tertiary/aromatic N) is 1. The maximum atomic E-state index is 13.0. The Bertz CT molecular complexity index is 697. The highest BCUT2D eigenvalue weighted by molar-refractivity contribution is 6.30. The van der Waals surface area contributed by atoms with E-state index < -0.39 is 5.41 Å². The number of hydrogen-bond donors (Lipinski definition) is 2. The lowest BCUT2D eigenvalue weighted by Crippen LogP contribution is -2.45. The Hall–Kier alpha value is -2.11. The van der Waals surface area contributed by atoms with E-state index in [0.29, 0.717) is 31.1 Å². The molecule has 1 fully saturated rings. The fourth-order valence-corrected chi connectivity index (χ4v) is 2.98. The number of amides is 1. The molecule has 1 amide bonds. The number of anilines is 1. The molecule has 5 nitrogen and oxygen atoms in total. The van der Waals surface area contributed by atoms with Crippen molar-refractivity contribution in [2.24, 2.45) is 0 Å². The van der Waals surface area contributed by atoms with E-state index in [1.807, 2.05) is 12.1 Å². The first-order valence-corrected chi connectivity index (χ1v) is 7.79. The fraction of sp³-hybridized carbons (Fsp3) is 0.294. The maximum Gasteiger partial charge on any atom is 0.236 e. The van der Waals surface area contributed by atoms with E-state index in [9.17, 15) is 9.90 Å². The molecule has 0 bridgehead atoms. The Morgan fingerprint density at radius 1 is 1.22 bits per heavy atom. The Kier molecular flexibility index (Phi) is 4.50. The first kappa shape index (κ1) is 15.8. The summed E-state index contributed by atoms with van der Waals surface area (Å²) >= 11 is 5.96. The molecule has 0 radical (unpaired) electrons. The summed E-state index contributed by atoms with van der Waals surface area (Å²) < 4.78 is 5.42. The van der Waals surface area contributed by atoms with Gasteiger partial charge in [0.25, 0.3) is 0 Å². The lowest BCUT2D eigenvalue weighted by Gasteiger charge is -2.36. The van der Waals surface area contributed by atoms with Crippen LogP contribution in [-0.2, 0) is 14.9 Å². The average molecular weight is 333 g/mol. The van der Waals surface area contributed by atoms with E-state index in [-0.39, 0.29) is 17.5 Å². The minimum atomic E-state index is -0.715. The Labute approximate surface area is 139 Å². The third kappa shape index (κ3) is 3.16. The lowest BCUT2D eigenvalue weighted by atomic mass is 9.73. The number of ether oxygens (including phenoxy) is 1. The van der Waals surface area contributed by atoms with Crippen LogP contribution in [-0.4, -0.2) is 29.2 Å². The highest BCUT2D eigenvalue weighted by Gasteiger charge is 2.42. The maximum absolute atomic E-state index is 13.0. The molecule has 2 heterocycles. The topological polar surface area (TPSA) is 71.5 Å². The van der Waals surface area contributed by atoms with Crippen LogP contribution in [0.25, 0.3) is 0 Å². The minimum Gasteiger partial charge on any atom is -0.504 e. The highest BCUT2D eigenvalue weighted by Crippen LogP contribution is 2.37. The van der Waals surface area contributed by atoms with Gasteiger partial charge in [-0.2, -0.15) is 0 Å². The SMILES string of the molecule is O=C(Nc1ncccc1O)C1(c2ccc(Cl)cc2)CCOCC1. The Morgan fingerprint density at radius 2 is 1.91 bits per heavy atom. The number of carbonyl (C=O) groups is 1. The van der Waals surface area contributed by atoms with Gasteiger partial charge in [0.1, 0.15) is 0 Å². The van der Waals surface area contributed by atoms with Crippen LogP contribution in [0.2, 0.25) is 5.02 Å². The molecule has 3 rings (SSSR count). The van der Waals surface area contributed by atoms with Crippen LogP contribution in [0.3, 0.4) is 0 Å². The third-order valence-corrected chi connectivity index (χ3v) is 4.45. The first-order valence-electron chi connectivity index (χ1n) is 7.41. The largest absolute Gasteiger partial charge is 0.504 e. The van der Waals surface area contributed by atoms with Crippen molar-refractivity contribution in [3.8, 4) is 5.75 Å². The van der Waals surface area contributed by atoms with Crippen molar-refractivity contribution in [3.63, 3.8) is 0 Å². The molecule has 1 aliphatic rings. The van der Waals surface area contributed by atoms with Crippen LogP contribution in [0.15, 0.2) is 42.6 Å². The second-order valence-electron chi connectivity index (χ2n) is 5.53. The van der Waals surface area contributed by atoms with Crippen molar-refractivity contribution in [1.82, 2.24) is 4.98 Å².